The third kappa shape index (κ3) is 5.94. The number of fused-ring (bicyclic) bond motifs is 1. The molecule has 0 atom stereocenters. The molecule has 9 heteroatoms. The number of benzene rings is 2. The van der Waals surface area contributed by atoms with Crippen molar-refractivity contribution in [3.05, 3.63) is 77.9 Å². The highest BCUT2D eigenvalue weighted by Crippen LogP contribution is 2.26. The minimum absolute atomic E-state index is 0.282. The summed E-state index contributed by atoms with van der Waals surface area (Å²) >= 11 is 0. The van der Waals surface area contributed by atoms with Crippen LogP contribution in [-0.2, 0) is 4.74 Å². The maximum absolute atomic E-state index is 12.6. The van der Waals surface area contributed by atoms with Crippen molar-refractivity contribution in [1.29, 1.82) is 0 Å². The topological polar surface area (TPSA) is 87.4 Å². The predicted octanol–water partition coefficient (Wildman–Crippen LogP) is 5.21. The van der Waals surface area contributed by atoms with Crippen LogP contribution in [0.15, 0.2) is 71.8 Å². The fourth-order valence-corrected chi connectivity index (χ4v) is 4.36. The Balaban J connectivity index is 1.42. The summed E-state index contributed by atoms with van der Waals surface area (Å²) in [5.74, 6) is 1.50. The van der Waals surface area contributed by atoms with Gasteiger partial charge < -0.3 is 14.5 Å². The smallest absolute Gasteiger partial charge is 0.410 e. The second-order valence-corrected chi connectivity index (χ2v) is 10.4. The first kappa shape index (κ1) is 25.3. The Morgan fingerprint density at radius 1 is 1.00 bits per heavy atom. The van der Waals surface area contributed by atoms with Crippen LogP contribution >= 0.6 is 0 Å². The summed E-state index contributed by atoms with van der Waals surface area (Å²) in [4.78, 5) is 21.3. The normalized spacial score (nSPS) is 14.3. The van der Waals surface area contributed by atoms with Crippen LogP contribution in [0.25, 0.3) is 16.9 Å². The molecule has 0 saturated carbocycles. The first-order chi connectivity index (χ1) is 18.2. The Hall–Kier alpha value is -4.40. The molecule has 1 saturated heterocycles. The van der Waals surface area contributed by atoms with E-state index in [0.29, 0.717) is 37.6 Å². The standard InChI is InChI=1S/C29H33N7O2/c1-21-9-8-10-22(17-21)20-30-32-25-19-27(34-13-15-35(16-14-34)28(37)38-29(2,3)4)36-26(31-25)18-24(33-36)23-11-6-5-7-12-23/h5-12,17-20H,13-16H2,1-4H3,(H,31,32)/b30-20+. The largest absolute Gasteiger partial charge is 0.444 e. The average molecular weight is 512 g/mol. The third-order valence-corrected chi connectivity index (χ3v) is 6.17. The molecule has 0 unspecified atom stereocenters. The van der Waals surface area contributed by atoms with Crippen molar-refractivity contribution in [2.24, 2.45) is 5.10 Å². The van der Waals surface area contributed by atoms with Gasteiger partial charge in [-0.2, -0.15) is 14.7 Å². The van der Waals surface area contributed by atoms with E-state index >= 15 is 0 Å². The summed E-state index contributed by atoms with van der Waals surface area (Å²) in [6.45, 7) is 10.1. The summed E-state index contributed by atoms with van der Waals surface area (Å²) in [7, 11) is 0. The fourth-order valence-electron chi connectivity index (χ4n) is 4.36. The number of hydrazone groups is 1. The number of hydrogen-bond acceptors (Lipinski definition) is 7. The highest BCUT2D eigenvalue weighted by molar-refractivity contribution is 5.80. The number of aryl methyl sites for hydroxylation is 1. The molecule has 38 heavy (non-hydrogen) atoms. The summed E-state index contributed by atoms with van der Waals surface area (Å²) < 4.78 is 7.42. The number of rotatable bonds is 5. The monoisotopic (exact) mass is 511 g/mol. The van der Waals surface area contributed by atoms with Gasteiger partial charge in [0.1, 0.15) is 11.4 Å². The molecular weight excluding hydrogens is 478 g/mol. The van der Waals surface area contributed by atoms with E-state index < -0.39 is 5.60 Å². The SMILES string of the molecule is Cc1cccc(/C=N/Nc2cc(N3CCN(C(=O)OC(C)(C)C)CC3)n3nc(-c4ccccc4)cc3n2)c1. The minimum Gasteiger partial charge on any atom is -0.444 e. The number of amides is 1. The van der Waals surface area contributed by atoms with E-state index in [4.69, 9.17) is 14.8 Å². The van der Waals surface area contributed by atoms with E-state index in [0.717, 1.165) is 22.6 Å². The quantitative estimate of drug-likeness (QED) is 0.292. The van der Waals surface area contributed by atoms with Crippen LogP contribution in [0.3, 0.4) is 0 Å². The molecule has 196 valence electrons. The van der Waals surface area contributed by atoms with Crippen LogP contribution in [0, 0.1) is 6.92 Å². The molecule has 1 amide bonds. The van der Waals surface area contributed by atoms with Crippen molar-refractivity contribution in [1.82, 2.24) is 19.5 Å². The lowest BCUT2D eigenvalue weighted by atomic mass is 10.2. The molecule has 0 bridgehead atoms. The summed E-state index contributed by atoms with van der Waals surface area (Å²) in [5, 5.41) is 9.31. The number of nitrogens with one attached hydrogen (secondary N) is 1. The lowest BCUT2D eigenvalue weighted by Gasteiger charge is -2.36. The van der Waals surface area contributed by atoms with E-state index in [9.17, 15) is 4.79 Å². The fraction of sp³-hybridized carbons (Fsp3) is 0.310. The van der Waals surface area contributed by atoms with Gasteiger partial charge in [0.15, 0.2) is 11.5 Å². The third-order valence-electron chi connectivity index (χ3n) is 6.17. The van der Waals surface area contributed by atoms with Crippen molar-refractivity contribution < 1.29 is 9.53 Å². The van der Waals surface area contributed by atoms with Gasteiger partial charge in [-0.1, -0.05) is 60.2 Å². The minimum atomic E-state index is -0.520. The number of aromatic nitrogens is 3. The summed E-state index contributed by atoms with van der Waals surface area (Å²) in [6, 6.07) is 22.1. The van der Waals surface area contributed by atoms with E-state index in [2.05, 4.69) is 34.5 Å². The molecule has 0 spiro atoms. The zero-order chi connectivity index (χ0) is 26.7. The van der Waals surface area contributed by atoms with Crippen LogP contribution in [0.4, 0.5) is 16.4 Å². The summed E-state index contributed by atoms with van der Waals surface area (Å²) in [6.07, 6.45) is 1.50. The molecule has 1 aliphatic heterocycles. The number of hydrogen-bond donors (Lipinski definition) is 1. The van der Waals surface area contributed by atoms with Crippen molar-refractivity contribution >= 4 is 29.6 Å². The maximum Gasteiger partial charge on any atom is 0.410 e. The first-order valence-corrected chi connectivity index (χ1v) is 12.8. The molecular formula is C29H33N7O2. The number of anilines is 2. The van der Waals surface area contributed by atoms with E-state index in [1.54, 1.807) is 11.1 Å². The lowest BCUT2D eigenvalue weighted by Crippen LogP contribution is -2.50. The van der Waals surface area contributed by atoms with Gasteiger partial charge in [-0.15, -0.1) is 0 Å². The molecule has 3 heterocycles. The van der Waals surface area contributed by atoms with Gasteiger partial charge in [0, 0.05) is 43.9 Å². The van der Waals surface area contributed by atoms with Gasteiger partial charge in [-0.25, -0.2) is 9.78 Å². The Labute approximate surface area is 222 Å². The Morgan fingerprint density at radius 2 is 1.76 bits per heavy atom. The van der Waals surface area contributed by atoms with Gasteiger partial charge in [0.25, 0.3) is 0 Å². The Kier molecular flexibility index (Phi) is 7.00. The molecule has 1 fully saturated rings. The molecule has 2 aromatic heterocycles. The first-order valence-electron chi connectivity index (χ1n) is 12.8. The van der Waals surface area contributed by atoms with Crippen LogP contribution in [0.5, 0.6) is 0 Å². The van der Waals surface area contributed by atoms with E-state index in [1.165, 1.54) is 5.56 Å². The van der Waals surface area contributed by atoms with Gasteiger partial charge in [-0.3, -0.25) is 5.43 Å². The van der Waals surface area contributed by atoms with Crippen LogP contribution in [0.2, 0.25) is 0 Å². The van der Waals surface area contributed by atoms with Crippen molar-refractivity contribution in [2.45, 2.75) is 33.3 Å². The zero-order valence-electron chi connectivity index (χ0n) is 22.3. The van der Waals surface area contributed by atoms with Crippen LogP contribution in [-0.4, -0.2) is 63.6 Å². The van der Waals surface area contributed by atoms with E-state index in [1.807, 2.05) is 79.9 Å². The number of piperazine rings is 1. The maximum atomic E-state index is 12.6. The van der Waals surface area contributed by atoms with E-state index in [-0.39, 0.29) is 6.09 Å². The molecule has 4 aromatic rings. The average Bonchev–Trinajstić information content (AvgIpc) is 3.32. The zero-order valence-corrected chi connectivity index (χ0v) is 22.3. The molecule has 0 radical (unpaired) electrons. The predicted molar refractivity (Wildman–Crippen MR) is 151 cm³/mol. The highest BCUT2D eigenvalue weighted by atomic mass is 16.6. The van der Waals surface area contributed by atoms with Crippen LogP contribution in [0.1, 0.15) is 31.9 Å². The second kappa shape index (κ2) is 10.5. The van der Waals surface area contributed by atoms with Crippen molar-refractivity contribution in [2.75, 3.05) is 36.5 Å². The lowest BCUT2D eigenvalue weighted by molar-refractivity contribution is 0.0240. The second-order valence-electron chi connectivity index (χ2n) is 10.4. The molecule has 0 aliphatic carbocycles. The molecule has 9 nitrogen and oxygen atoms in total. The molecule has 2 aromatic carbocycles. The Bertz CT molecular complexity index is 1450. The van der Waals surface area contributed by atoms with Gasteiger partial charge in [0.2, 0.25) is 0 Å². The molecule has 5 rings (SSSR count). The van der Waals surface area contributed by atoms with Crippen LogP contribution < -0.4 is 10.3 Å². The highest BCUT2D eigenvalue weighted by Gasteiger charge is 2.27. The van der Waals surface area contributed by atoms with Crippen molar-refractivity contribution in [3.8, 4) is 11.3 Å². The molecule has 1 aliphatic rings. The van der Waals surface area contributed by atoms with Gasteiger partial charge in [0.05, 0.1) is 11.9 Å². The number of ether oxygens (including phenoxy) is 1. The summed E-state index contributed by atoms with van der Waals surface area (Å²) in [5.41, 5.74) is 7.33. The molecule has 1 N–H and O–H groups in total. The van der Waals surface area contributed by atoms with Crippen molar-refractivity contribution in [3.63, 3.8) is 0 Å². The van der Waals surface area contributed by atoms with Gasteiger partial charge in [-0.05, 0) is 33.3 Å². The van der Waals surface area contributed by atoms with Gasteiger partial charge >= 0.3 is 6.09 Å². The Morgan fingerprint density at radius 3 is 2.47 bits per heavy atom. The number of carbonyl (C=O) groups excluding carboxylic acids is 1. The number of carbonyl (C=O) groups is 1. The number of nitrogens with zero attached hydrogens (tertiary/aromatic N) is 6.